The molecular weight excluding hydrogens is 336 g/mol. The number of carbonyl (C=O) groups excluding carboxylic acids is 3. The number of amides is 2. The van der Waals surface area contributed by atoms with E-state index < -0.39 is 6.04 Å². The fraction of sp³-hybridized carbons (Fsp3) is 0.842. The Labute approximate surface area is 157 Å². The van der Waals surface area contributed by atoms with Crippen LogP contribution in [0.4, 0.5) is 0 Å². The SMILES string of the molecule is COCCOCCNC(=O)CC[C@H](NC(=O)CCC(C)C)C(=O)C(C)C. The fourth-order valence-electron chi connectivity index (χ4n) is 2.24. The molecular formula is C19H36N2O5. The van der Waals surface area contributed by atoms with Gasteiger partial charge in [-0.1, -0.05) is 27.7 Å². The quantitative estimate of drug-likeness (QED) is 0.427. The second-order valence-electron chi connectivity index (χ2n) is 7.10. The molecule has 0 unspecified atom stereocenters. The highest BCUT2D eigenvalue weighted by Crippen LogP contribution is 2.09. The van der Waals surface area contributed by atoms with Crippen LogP contribution in [-0.4, -0.2) is 57.1 Å². The second-order valence-corrected chi connectivity index (χ2v) is 7.10. The predicted octanol–water partition coefficient (Wildman–Crippen LogP) is 1.69. The summed E-state index contributed by atoms with van der Waals surface area (Å²) in [6.45, 7) is 9.52. The fourth-order valence-corrected chi connectivity index (χ4v) is 2.24. The predicted molar refractivity (Wildman–Crippen MR) is 101 cm³/mol. The number of Topliss-reactive ketones (excluding diaryl/α,β-unsaturated/α-hetero) is 1. The Kier molecular flexibility index (Phi) is 13.8. The highest BCUT2D eigenvalue weighted by molar-refractivity contribution is 5.90. The van der Waals surface area contributed by atoms with Gasteiger partial charge in [-0.3, -0.25) is 14.4 Å². The van der Waals surface area contributed by atoms with Gasteiger partial charge in [0.1, 0.15) is 0 Å². The van der Waals surface area contributed by atoms with E-state index in [1.807, 2.05) is 13.8 Å². The molecule has 0 aromatic heterocycles. The average molecular weight is 373 g/mol. The van der Waals surface area contributed by atoms with Crippen molar-refractivity contribution in [2.45, 2.75) is 59.4 Å². The van der Waals surface area contributed by atoms with E-state index >= 15 is 0 Å². The summed E-state index contributed by atoms with van der Waals surface area (Å²) in [4.78, 5) is 36.3. The minimum Gasteiger partial charge on any atom is -0.382 e. The standard InChI is InChI=1S/C19H36N2O5/c1-14(2)6-8-18(23)21-16(19(24)15(3)4)7-9-17(22)20-10-11-26-13-12-25-5/h14-16H,6-13H2,1-5H3,(H,20,22)(H,21,23)/t16-/m0/s1. The molecule has 0 fully saturated rings. The topological polar surface area (TPSA) is 93.7 Å². The number of hydrogen-bond donors (Lipinski definition) is 2. The molecule has 7 nitrogen and oxygen atoms in total. The highest BCUT2D eigenvalue weighted by atomic mass is 16.5. The maximum absolute atomic E-state index is 12.3. The molecule has 0 aliphatic heterocycles. The van der Waals surface area contributed by atoms with Gasteiger partial charge in [0, 0.05) is 32.4 Å². The van der Waals surface area contributed by atoms with Gasteiger partial charge in [-0.15, -0.1) is 0 Å². The van der Waals surface area contributed by atoms with E-state index in [2.05, 4.69) is 10.6 Å². The Morgan fingerprint density at radius 1 is 0.885 bits per heavy atom. The van der Waals surface area contributed by atoms with Crippen LogP contribution < -0.4 is 10.6 Å². The van der Waals surface area contributed by atoms with Crippen molar-refractivity contribution < 1.29 is 23.9 Å². The van der Waals surface area contributed by atoms with Gasteiger partial charge in [0.2, 0.25) is 11.8 Å². The lowest BCUT2D eigenvalue weighted by atomic mass is 9.97. The smallest absolute Gasteiger partial charge is 0.220 e. The molecule has 26 heavy (non-hydrogen) atoms. The van der Waals surface area contributed by atoms with E-state index in [0.717, 1.165) is 6.42 Å². The van der Waals surface area contributed by atoms with E-state index in [4.69, 9.17) is 9.47 Å². The number of methoxy groups -OCH3 is 1. The molecule has 0 aromatic carbocycles. The third-order valence-corrected chi connectivity index (χ3v) is 3.86. The number of nitrogens with one attached hydrogen (secondary N) is 2. The first-order valence-corrected chi connectivity index (χ1v) is 9.44. The van der Waals surface area contributed by atoms with Gasteiger partial charge in [-0.2, -0.15) is 0 Å². The van der Waals surface area contributed by atoms with Gasteiger partial charge in [0.25, 0.3) is 0 Å². The van der Waals surface area contributed by atoms with Crippen molar-refractivity contribution in [2.24, 2.45) is 11.8 Å². The number of ether oxygens (including phenoxy) is 2. The summed E-state index contributed by atoms with van der Waals surface area (Å²) in [5.74, 6) is -0.0962. The summed E-state index contributed by atoms with van der Waals surface area (Å²) in [6, 6.07) is -0.613. The molecule has 0 heterocycles. The summed E-state index contributed by atoms with van der Waals surface area (Å²) in [5.41, 5.74) is 0. The summed E-state index contributed by atoms with van der Waals surface area (Å²) in [6.07, 6.45) is 1.66. The van der Waals surface area contributed by atoms with Crippen molar-refractivity contribution in [2.75, 3.05) is 33.5 Å². The Morgan fingerprint density at radius 3 is 2.12 bits per heavy atom. The van der Waals surface area contributed by atoms with Crippen LogP contribution in [0.25, 0.3) is 0 Å². The maximum Gasteiger partial charge on any atom is 0.220 e. The van der Waals surface area contributed by atoms with Gasteiger partial charge in [-0.05, 0) is 18.8 Å². The van der Waals surface area contributed by atoms with Crippen LogP contribution in [0.15, 0.2) is 0 Å². The molecule has 0 aromatic rings. The Balaban J connectivity index is 4.27. The number of ketones is 1. The third kappa shape index (κ3) is 12.8. The molecule has 0 radical (unpaired) electrons. The van der Waals surface area contributed by atoms with Gasteiger partial charge >= 0.3 is 0 Å². The lowest BCUT2D eigenvalue weighted by molar-refractivity contribution is -0.130. The van der Waals surface area contributed by atoms with Crippen LogP contribution in [0.2, 0.25) is 0 Å². The van der Waals surface area contributed by atoms with Crippen LogP contribution in [0, 0.1) is 11.8 Å². The number of carbonyl (C=O) groups is 3. The first-order chi connectivity index (χ1) is 12.3. The summed E-state index contributed by atoms with van der Waals surface area (Å²) in [5, 5.41) is 5.54. The second kappa shape index (κ2) is 14.7. The van der Waals surface area contributed by atoms with Crippen LogP contribution in [0.1, 0.15) is 53.4 Å². The van der Waals surface area contributed by atoms with Crippen molar-refractivity contribution in [3.63, 3.8) is 0 Å². The summed E-state index contributed by atoms with van der Waals surface area (Å²) in [7, 11) is 1.60. The maximum atomic E-state index is 12.3. The molecule has 7 heteroatoms. The molecule has 2 N–H and O–H groups in total. The van der Waals surface area contributed by atoms with E-state index in [9.17, 15) is 14.4 Å². The van der Waals surface area contributed by atoms with E-state index in [1.54, 1.807) is 21.0 Å². The van der Waals surface area contributed by atoms with Crippen LogP contribution in [0.3, 0.4) is 0 Å². The van der Waals surface area contributed by atoms with E-state index in [-0.39, 0.29) is 29.9 Å². The van der Waals surface area contributed by atoms with Gasteiger partial charge in [0.05, 0.1) is 25.9 Å². The number of hydrogen-bond acceptors (Lipinski definition) is 5. The zero-order valence-corrected chi connectivity index (χ0v) is 16.9. The first kappa shape index (κ1) is 24.5. The van der Waals surface area contributed by atoms with Crippen LogP contribution in [-0.2, 0) is 23.9 Å². The first-order valence-electron chi connectivity index (χ1n) is 9.44. The normalized spacial score (nSPS) is 12.3. The van der Waals surface area contributed by atoms with Crippen molar-refractivity contribution >= 4 is 17.6 Å². The zero-order chi connectivity index (χ0) is 19.9. The molecule has 0 aliphatic carbocycles. The van der Waals surface area contributed by atoms with Crippen molar-refractivity contribution in [3.05, 3.63) is 0 Å². The molecule has 2 amide bonds. The lowest BCUT2D eigenvalue weighted by Gasteiger charge is -2.20. The molecule has 1 atom stereocenters. The molecule has 0 saturated carbocycles. The van der Waals surface area contributed by atoms with E-state index in [0.29, 0.717) is 45.1 Å². The molecule has 0 bridgehead atoms. The van der Waals surface area contributed by atoms with Crippen molar-refractivity contribution in [1.82, 2.24) is 10.6 Å². The average Bonchev–Trinajstić information content (AvgIpc) is 2.58. The van der Waals surface area contributed by atoms with Crippen LogP contribution in [0.5, 0.6) is 0 Å². The number of rotatable bonds is 15. The van der Waals surface area contributed by atoms with Gasteiger partial charge < -0.3 is 20.1 Å². The zero-order valence-electron chi connectivity index (χ0n) is 16.9. The Bertz CT molecular complexity index is 424. The van der Waals surface area contributed by atoms with Gasteiger partial charge in [-0.25, -0.2) is 0 Å². The highest BCUT2D eigenvalue weighted by Gasteiger charge is 2.23. The largest absolute Gasteiger partial charge is 0.382 e. The van der Waals surface area contributed by atoms with Crippen molar-refractivity contribution in [3.8, 4) is 0 Å². The van der Waals surface area contributed by atoms with Crippen LogP contribution >= 0.6 is 0 Å². The molecule has 0 saturated heterocycles. The summed E-state index contributed by atoms with van der Waals surface area (Å²) >= 11 is 0. The lowest BCUT2D eigenvalue weighted by Crippen LogP contribution is -2.43. The Morgan fingerprint density at radius 2 is 1.54 bits per heavy atom. The minimum atomic E-state index is -0.613. The van der Waals surface area contributed by atoms with Gasteiger partial charge in [0.15, 0.2) is 5.78 Å². The minimum absolute atomic E-state index is 0.0430. The molecule has 152 valence electrons. The molecule has 0 aliphatic rings. The molecule has 0 spiro atoms. The van der Waals surface area contributed by atoms with Crippen molar-refractivity contribution in [1.29, 1.82) is 0 Å². The third-order valence-electron chi connectivity index (χ3n) is 3.86. The summed E-state index contributed by atoms with van der Waals surface area (Å²) < 4.78 is 10.1. The monoisotopic (exact) mass is 372 g/mol. The Hall–Kier alpha value is -1.47. The van der Waals surface area contributed by atoms with E-state index in [1.165, 1.54) is 0 Å². The molecule has 0 rings (SSSR count).